The van der Waals surface area contributed by atoms with Gasteiger partial charge >= 0.3 is 0 Å². The Balaban J connectivity index is 1.83. The highest BCUT2D eigenvalue weighted by molar-refractivity contribution is 6.29. The van der Waals surface area contributed by atoms with Crippen molar-refractivity contribution in [2.24, 2.45) is 0 Å². The summed E-state index contributed by atoms with van der Waals surface area (Å²) >= 11 is 5.75. The molecule has 0 aliphatic rings. The predicted molar refractivity (Wildman–Crippen MR) is 82.7 cm³/mol. The number of amides is 1. The quantitative estimate of drug-likeness (QED) is 0.657. The summed E-state index contributed by atoms with van der Waals surface area (Å²) in [6.07, 6.45) is 1.36. The molecule has 110 valence electrons. The summed E-state index contributed by atoms with van der Waals surface area (Å²) in [6.45, 7) is 2.73. The maximum atomic E-state index is 12.0. The minimum atomic E-state index is -0.301. The molecule has 0 atom stereocenters. The summed E-state index contributed by atoms with van der Waals surface area (Å²) in [5.74, 6) is 0.473. The van der Waals surface area contributed by atoms with E-state index in [4.69, 9.17) is 22.1 Å². The van der Waals surface area contributed by atoms with Crippen LogP contribution in [-0.2, 0) is 0 Å². The lowest BCUT2D eigenvalue weighted by Crippen LogP contribution is -2.28. The number of hydrogen-bond donors (Lipinski definition) is 2. The predicted octanol–water partition coefficient (Wildman–Crippen LogP) is 2.43. The highest BCUT2D eigenvalue weighted by atomic mass is 35.5. The smallest absolute Gasteiger partial charge is 0.253 e. The van der Waals surface area contributed by atoms with E-state index in [1.807, 2.05) is 31.2 Å². The summed E-state index contributed by atoms with van der Waals surface area (Å²) in [7, 11) is 0. The Morgan fingerprint density at radius 1 is 1.43 bits per heavy atom. The fourth-order valence-corrected chi connectivity index (χ4v) is 1.93. The Morgan fingerprint density at radius 2 is 2.24 bits per heavy atom. The first kappa shape index (κ1) is 15.1. The molecule has 0 fully saturated rings. The SMILES string of the molecule is Cc1cccc(OCCNC(=O)c2cc(Cl)ncc2N)c1. The summed E-state index contributed by atoms with van der Waals surface area (Å²) in [5.41, 5.74) is 7.41. The van der Waals surface area contributed by atoms with Gasteiger partial charge in [0.15, 0.2) is 0 Å². The van der Waals surface area contributed by atoms with Crippen molar-refractivity contribution in [3.63, 3.8) is 0 Å². The maximum absolute atomic E-state index is 12.0. The van der Waals surface area contributed by atoms with Gasteiger partial charge in [0, 0.05) is 0 Å². The van der Waals surface area contributed by atoms with E-state index in [-0.39, 0.29) is 16.7 Å². The number of rotatable bonds is 5. The molecule has 5 nitrogen and oxygen atoms in total. The van der Waals surface area contributed by atoms with Crippen LogP contribution in [0.1, 0.15) is 15.9 Å². The van der Waals surface area contributed by atoms with Crippen LogP contribution in [-0.4, -0.2) is 24.0 Å². The number of hydrogen-bond acceptors (Lipinski definition) is 4. The molecule has 0 bridgehead atoms. The molecule has 3 N–H and O–H groups in total. The molecule has 0 radical (unpaired) electrons. The number of halogens is 1. The van der Waals surface area contributed by atoms with Gasteiger partial charge in [0.25, 0.3) is 5.91 Å². The molecule has 1 aromatic carbocycles. The van der Waals surface area contributed by atoms with Gasteiger partial charge in [0.05, 0.1) is 24.0 Å². The molecule has 2 aromatic rings. The molecular weight excluding hydrogens is 290 g/mol. The lowest BCUT2D eigenvalue weighted by molar-refractivity contribution is 0.0948. The van der Waals surface area contributed by atoms with Gasteiger partial charge in [-0.2, -0.15) is 0 Å². The van der Waals surface area contributed by atoms with Gasteiger partial charge < -0.3 is 15.8 Å². The van der Waals surface area contributed by atoms with E-state index >= 15 is 0 Å². The second-order valence-electron chi connectivity index (χ2n) is 4.52. The Kier molecular flexibility index (Phi) is 5.00. The third-order valence-electron chi connectivity index (χ3n) is 2.79. The molecule has 0 aliphatic heterocycles. The fourth-order valence-electron chi connectivity index (χ4n) is 1.77. The topological polar surface area (TPSA) is 77.2 Å². The molecule has 6 heteroatoms. The lowest BCUT2D eigenvalue weighted by Gasteiger charge is -2.09. The van der Waals surface area contributed by atoms with Crippen LogP contribution in [0.2, 0.25) is 5.15 Å². The third-order valence-corrected chi connectivity index (χ3v) is 3.00. The van der Waals surface area contributed by atoms with Crippen LogP contribution in [0.3, 0.4) is 0 Å². The van der Waals surface area contributed by atoms with E-state index in [2.05, 4.69) is 10.3 Å². The number of carbonyl (C=O) groups excluding carboxylic acids is 1. The number of benzene rings is 1. The lowest BCUT2D eigenvalue weighted by atomic mass is 10.2. The Bertz CT molecular complexity index is 647. The zero-order valence-electron chi connectivity index (χ0n) is 11.6. The summed E-state index contributed by atoms with van der Waals surface area (Å²) < 4.78 is 5.54. The molecule has 0 saturated carbocycles. The second kappa shape index (κ2) is 6.95. The Labute approximate surface area is 128 Å². The van der Waals surface area contributed by atoms with E-state index < -0.39 is 0 Å². The van der Waals surface area contributed by atoms with E-state index in [0.29, 0.717) is 18.7 Å². The number of anilines is 1. The van der Waals surface area contributed by atoms with Gasteiger partial charge in [-0.1, -0.05) is 23.7 Å². The number of nitrogens with zero attached hydrogens (tertiary/aromatic N) is 1. The minimum Gasteiger partial charge on any atom is -0.492 e. The molecule has 0 unspecified atom stereocenters. The number of aryl methyl sites for hydroxylation is 1. The van der Waals surface area contributed by atoms with Crippen molar-refractivity contribution < 1.29 is 9.53 Å². The standard InChI is InChI=1S/C15H16ClN3O2/c1-10-3-2-4-11(7-10)21-6-5-18-15(20)12-8-14(16)19-9-13(12)17/h2-4,7-9H,5-6,17H2,1H3,(H,18,20). The first-order chi connectivity index (χ1) is 10.1. The van der Waals surface area contributed by atoms with Crippen molar-refractivity contribution in [1.82, 2.24) is 10.3 Å². The molecule has 0 spiro atoms. The molecule has 0 aliphatic carbocycles. The average molecular weight is 306 g/mol. The summed E-state index contributed by atoms with van der Waals surface area (Å²) in [5, 5.41) is 2.95. The number of ether oxygens (including phenoxy) is 1. The number of nitrogen functional groups attached to an aromatic ring is 1. The minimum absolute atomic E-state index is 0.227. The maximum Gasteiger partial charge on any atom is 0.253 e. The van der Waals surface area contributed by atoms with E-state index in [9.17, 15) is 4.79 Å². The number of nitrogens with two attached hydrogens (primary N) is 1. The van der Waals surface area contributed by atoms with Crippen molar-refractivity contribution in [2.75, 3.05) is 18.9 Å². The van der Waals surface area contributed by atoms with Gasteiger partial charge in [0.2, 0.25) is 0 Å². The highest BCUT2D eigenvalue weighted by Gasteiger charge is 2.10. The summed E-state index contributed by atoms with van der Waals surface area (Å²) in [4.78, 5) is 15.8. The monoisotopic (exact) mass is 305 g/mol. The molecule has 21 heavy (non-hydrogen) atoms. The fraction of sp³-hybridized carbons (Fsp3) is 0.200. The number of pyridine rings is 1. The molecule has 1 aromatic heterocycles. The van der Waals surface area contributed by atoms with Crippen LogP contribution in [0.15, 0.2) is 36.5 Å². The average Bonchev–Trinajstić information content (AvgIpc) is 2.46. The largest absolute Gasteiger partial charge is 0.492 e. The number of carbonyl (C=O) groups is 1. The van der Waals surface area contributed by atoms with Crippen molar-refractivity contribution in [1.29, 1.82) is 0 Å². The molecule has 1 amide bonds. The van der Waals surface area contributed by atoms with Crippen molar-refractivity contribution >= 4 is 23.2 Å². The van der Waals surface area contributed by atoms with Gasteiger partial charge in [0.1, 0.15) is 17.5 Å². The van der Waals surface area contributed by atoms with Crippen molar-refractivity contribution in [3.05, 3.63) is 52.8 Å². The Hall–Kier alpha value is -2.27. The van der Waals surface area contributed by atoms with Gasteiger partial charge in [-0.3, -0.25) is 4.79 Å². The van der Waals surface area contributed by atoms with Crippen LogP contribution in [0.4, 0.5) is 5.69 Å². The van der Waals surface area contributed by atoms with Crippen LogP contribution in [0.5, 0.6) is 5.75 Å². The first-order valence-corrected chi connectivity index (χ1v) is 6.83. The van der Waals surface area contributed by atoms with Crippen molar-refractivity contribution in [3.8, 4) is 5.75 Å². The molecule has 1 heterocycles. The first-order valence-electron chi connectivity index (χ1n) is 6.45. The zero-order valence-corrected chi connectivity index (χ0v) is 12.4. The normalized spacial score (nSPS) is 10.2. The van der Waals surface area contributed by atoms with E-state index in [1.54, 1.807) is 0 Å². The van der Waals surface area contributed by atoms with Crippen LogP contribution in [0.25, 0.3) is 0 Å². The van der Waals surface area contributed by atoms with E-state index in [1.165, 1.54) is 12.3 Å². The van der Waals surface area contributed by atoms with Crippen LogP contribution >= 0.6 is 11.6 Å². The molecular formula is C15H16ClN3O2. The van der Waals surface area contributed by atoms with Gasteiger partial charge in [-0.15, -0.1) is 0 Å². The second-order valence-corrected chi connectivity index (χ2v) is 4.90. The number of nitrogens with one attached hydrogen (secondary N) is 1. The number of aromatic nitrogens is 1. The van der Waals surface area contributed by atoms with E-state index in [0.717, 1.165) is 11.3 Å². The van der Waals surface area contributed by atoms with Gasteiger partial charge in [-0.05, 0) is 30.7 Å². The molecule has 2 rings (SSSR count). The van der Waals surface area contributed by atoms with Crippen molar-refractivity contribution in [2.45, 2.75) is 6.92 Å². The highest BCUT2D eigenvalue weighted by Crippen LogP contribution is 2.15. The third kappa shape index (κ3) is 4.36. The molecule has 0 saturated heterocycles. The Morgan fingerprint density at radius 3 is 3.00 bits per heavy atom. The summed E-state index contributed by atoms with van der Waals surface area (Å²) in [6, 6.07) is 9.15. The van der Waals surface area contributed by atoms with Gasteiger partial charge in [-0.25, -0.2) is 4.98 Å². The van der Waals surface area contributed by atoms with Crippen LogP contribution < -0.4 is 15.8 Å². The van der Waals surface area contributed by atoms with Crippen LogP contribution in [0, 0.1) is 6.92 Å². The zero-order chi connectivity index (χ0) is 15.2.